The number of carbonyl (C=O) groups excluding carboxylic acids is 2. The lowest BCUT2D eigenvalue weighted by atomic mass is 9.60. The Labute approximate surface area is 172 Å². The van der Waals surface area contributed by atoms with E-state index in [0.717, 1.165) is 10.0 Å². The van der Waals surface area contributed by atoms with E-state index in [1.807, 2.05) is 37.3 Å². The zero-order valence-electron chi connectivity index (χ0n) is 15.4. The van der Waals surface area contributed by atoms with Gasteiger partial charge in [-0.05, 0) is 49.2 Å². The third-order valence-electron chi connectivity index (χ3n) is 5.98. The minimum atomic E-state index is -1.01. The van der Waals surface area contributed by atoms with Gasteiger partial charge < -0.3 is 5.11 Å². The molecule has 2 amide bonds. The first-order valence-electron chi connectivity index (χ1n) is 9.14. The van der Waals surface area contributed by atoms with Crippen LogP contribution in [0.5, 0.6) is 5.75 Å². The number of aromatic hydroxyl groups is 1. The van der Waals surface area contributed by atoms with Crippen LogP contribution >= 0.6 is 15.9 Å². The molecule has 0 aromatic heterocycles. The van der Waals surface area contributed by atoms with Gasteiger partial charge in [0, 0.05) is 16.0 Å². The van der Waals surface area contributed by atoms with Crippen LogP contribution in [0.2, 0.25) is 0 Å². The van der Waals surface area contributed by atoms with E-state index >= 15 is 0 Å². The van der Waals surface area contributed by atoms with Gasteiger partial charge in [0.25, 0.3) is 0 Å². The summed E-state index contributed by atoms with van der Waals surface area (Å²) in [6.07, 6.45) is 4.15. The third-order valence-corrected chi connectivity index (χ3v) is 6.47. The number of benzene rings is 2. The molecular weight excluding hydrogens is 418 g/mol. The van der Waals surface area contributed by atoms with Crippen molar-refractivity contribution in [2.75, 3.05) is 4.90 Å². The van der Waals surface area contributed by atoms with Crippen LogP contribution in [0.1, 0.15) is 24.8 Å². The standard InChI is InChI=1S/C23H20BrNO3/c1-3-14-9-11-18-21(27)25(16-7-5-4-6-8-16)22(28)23(18,2)20(14)17-13-15(24)10-12-19(17)26/h3-10,12-13,18,20,26H,1,11H2,2H3. The fourth-order valence-electron chi connectivity index (χ4n) is 4.57. The van der Waals surface area contributed by atoms with Gasteiger partial charge in [0.2, 0.25) is 11.8 Å². The molecule has 1 aliphatic heterocycles. The summed E-state index contributed by atoms with van der Waals surface area (Å²) in [4.78, 5) is 28.2. The Hall–Kier alpha value is -2.66. The van der Waals surface area contributed by atoms with Crippen molar-refractivity contribution in [3.05, 3.63) is 82.9 Å². The maximum atomic E-state index is 13.7. The van der Waals surface area contributed by atoms with Crippen molar-refractivity contribution in [3.8, 4) is 5.75 Å². The van der Waals surface area contributed by atoms with E-state index in [4.69, 9.17) is 0 Å². The highest BCUT2D eigenvalue weighted by atomic mass is 79.9. The summed E-state index contributed by atoms with van der Waals surface area (Å²) in [6, 6.07) is 14.2. The van der Waals surface area contributed by atoms with Gasteiger partial charge in [-0.3, -0.25) is 9.59 Å². The van der Waals surface area contributed by atoms with Gasteiger partial charge in [-0.2, -0.15) is 0 Å². The van der Waals surface area contributed by atoms with Crippen LogP contribution in [0.15, 0.2) is 77.3 Å². The number of amides is 2. The van der Waals surface area contributed by atoms with E-state index in [0.29, 0.717) is 17.7 Å². The number of carbonyl (C=O) groups is 2. The molecule has 0 saturated carbocycles. The van der Waals surface area contributed by atoms with Crippen LogP contribution in [-0.4, -0.2) is 16.9 Å². The summed E-state index contributed by atoms with van der Waals surface area (Å²) in [6.45, 7) is 5.74. The van der Waals surface area contributed by atoms with Gasteiger partial charge in [-0.15, -0.1) is 0 Å². The summed E-state index contributed by atoms with van der Waals surface area (Å²) in [5.74, 6) is -1.30. The lowest BCUT2D eigenvalue weighted by molar-refractivity contribution is -0.127. The summed E-state index contributed by atoms with van der Waals surface area (Å²) >= 11 is 3.45. The smallest absolute Gasteiger partial charge is 0.241 e. The Morgan fingerprint density at radius 3 is 2.61 bits per heavy atom. The van der Waals surface area contributed by atoms with Crippen LogP contribution < -0.4 is 4.90 Å². The Bertz CT molecular complexity index is 1010. The fourth-order valence-corrected chi connectivity index (χ4v) is 4.95. The molecule has 2 aromatic carbocycles. The number of nitrogens with zero attached hydrogens (tertiary/aromatic N) is 1. The highest BCUT2D eigenvalue weighted by molar-refractivity contribution is 9.10. The lowest BCUT2D eigenvalue weighted by Crippen LogP contribution is -2.41. The van der Waals surface area contributed by atoms with Crippen LogP contribution in [-0.2, 0) is 9.59 Å². The molecule has 2 aliphatic rings. The molecule has 0 radical (unpaired) electrons. The monoisotopic (exact) mass is 437 g/mol. The number of anilines is 1. The van der Waals surface area contributed by atoms with Gasteiger partial charge in [-0.1, -0.05) is 52.9 Å². The number of halogens is 1. The highest BCUT2D eigenvalue weighted by Gasteiger charge is 2.62. The largest absolute Gasteiger partial charge is 0.508 e. The van der Waals surface area contributed by atoms with E-state index in [1.54, 1.807) is 30.3 Å². The second-order valence-corrected chi connectivity index (χ2v) is 8.35. The Balaban J connectivity index is 1.91. The highest BCUT2D eigenvalue weighted by Crippen LogP contribution is 2.58. The molecule has 1 aliphatic carbocycles. The van der Waals surface area contributed by atoms with Crippen molar-refractivity contribution < 1.29 is 14.7 Å². The number of imide groups is 1. The minimum Gasteiger partial charge on any atom is -0.508 e. The zero-order chi connectivity index (χ0) is 20.1. The summed E-state index contributed by atoms with van der Waals surface area (Å²) < 4.78 is 0.797. The Kier molecular flexibility index (Phi) is 4.50. The van der Waals surface area contributed by atoms with Crippen molar-refractivity contribution in [1.82, 2.24) is 0 Å². The first kappa shape index (κ1) is 18.7. The van der Waals surface area contributed by atoms with Gasteiger partial charge in [0.1, 0.15) is 5.75 Å². The molecule has 4 nitrogen and oxygen atoms in total. The van der Waals surface area contributed by atoms with Crippen LogP contribution in [0.4, 0.5) is 5.69 Å². The van der Waals surface area contributed by atoms with E-state index in [9.17, 15) is 14.7 Å². The molecule has 1 heterocycles. The van der Waals surface area contributed by atoms with E-state index in [2.05, 4.69) is 22.5 Å². The van der Waals surface area contributed by atoms with Crippen LogP contribution in [0.3, 0.4) is 0 Å². The maximum Gasteiger partial charge on any atom is 0.241 e. The second kappa shape index (κ2) is 6.74. The van der Waals surface area contributed by atoms with Gasteiger partial charge in [0.05, 0.1) is 17.0 Å². The topological polar surface area (TPSA) is 57.6 Å². The molecule has 5 heteroatoms. The number of hydrogen-bond acceptors (Lipinski definition) is 3. The molecular formula is C23H20BrNO3. The molecule has 1 N–H and O–H groups in total. The van der Waals surface area contributed by atoms with Gasteiger partial charge in [0.15, 0.2) is 0 Å². The van der Waals surface area contributed by atoms with E-state index < -0.39 is 17.3 Å². The summed E-state index contributed by atoms with van der Waals surface area (Å²) in [5, 5.41) is 10.6. The number of para-hydroxylation sites is 1. The van der Waals surface area contributed by atoms with Crippen LogP contribution in [0, 0.1) is 11.3 Å². The predicted octanol–water partition coefficient (Wildman–Crippen LogP) is 4.95. The van der Waals surface area contributed by atoms with Crippen molar-refractivity contribution >= 4 is 33.4 Å². The minimum absolute atomic E-state index is 0.0984. The molecule has 0 spiro atoms. The number of allylic oxidation sites excluding steroid dienone is 3. The predicted molar refractivity (Wildman–Crippen MR) is 112 cm³/mol. The fraction of sp³-hybridized carbons (Fsp3) is 0.217. The quantitative estimate of drug-likeness (QED) is 0.690. The van der Waals surface area contributed by atoms with Gasteiger partial charge in [-0.25, -0.2) is 4.90 Å². The van der Waals surface area contributed by atoms with Crippen molar-refractivity contribution in [1.29, 1.82) is 0 Å². The zero-order valence-corrected chi connectivity index (χ0v) is 17.0. The second-order valence-electron chi connectivity index (χ2n) is 7.43. The molecule has 3 atom stereocenters. The number of rotatable bonds is 3. The lowest BCUT2D eigenvalue weighted by Gasteiger charge is -2.40. The normalized spacial score (nSPS) is 26.8. The SMILES string of the molecule is C=CC1=CCC2C(=O)N(c3ccccc3)C(=O)C2(C)C1c1cc(Br)ccc1O. The molecule has 4 rings (SSSR count). The Morgan fingerprint density at radius 1 is 1.21 bits per heavy atom. The summed E-state index contributed by atoms with van der Waals surface area (Å²) in [7, 11) is 0. The summed E-state index contributed by atoms with van der Waals surface area (Å²) in [5.41, 5.74) is 1.03. The average Bonchev–Trinajstić information content (AvgIpc) is 2.89. The molecule has 1 saturated heterocycles. The number of hydrogen-bond donors (Lipinski definition) is 1. The molecule has 28 heavy (non-hydrogen) atoms. The third kappa shape index (κ3) is 2.57. The molecule has 142 valence electrons. The first-order chi connectivity index (χ1) is 13.4. The number of phenols is 1. The van der Waals surface area contributed by atoms with Crippen molar-refractivity contribution in [2.45, 2.75) is 19.3 Å². The number of phenolic OH excluding ortho intramolecular Hbond substituents is 1. The maximum absolute atomic E-state index is 13.7. The molecule has 2 aromatic rings. The Morgan fingerprint density at radius 2 is 1.93 bits per heavy atom. The number of fused-ring (bicyclic) bond motifs is 1. The van der Waals surface area contributed by atoms with E-state index in [-0.39, 0.29) is 17.6 Å². The first-order valence-corrected chi connectivity index (χ1v) is 9.93. The van der Waals surface area contributed by atoms with Crippen molar-refractivity contribution in [3.63, 3.8) is 0 Å². The molecule has 1 fully saturated rings. The molecule has 0 bridgehead atoms. The molecule has 3 unspecified atom stereocenters. The average molecular weight is 438 g/mol. The van der Waals surface area contributed by atoms with Crippen molar-refractivity contribution in [2.24, 2.45) is 11.3 Å². The van der Waals surface area contributed by atoms with Crippen LogP contribution in [0.25, 0.3) is 0 Å². The van der Waals surface area contributed by atoms with Gasteiger partial charge >= 0.3 is 0 Å². The van der Waals surface area contributed by atoms with E-state index in [1.165, 1.54) is 4.90 Å².